The number of ketones is 1. The van der Waals surface area contributed by atoms with Gasteiger partial charge in [0, 0.05) is 11.6 Å². The molecule has 0 fully saturated rings. The van der Waals surface area contributed by atoms with Crippen molar-refractivity contribution in [1.82, 2.24) is 0 Å². The predicted molar refractivity (Wildman–Crippen MR) is 70.6 cm³/mol. The third kappa shape index (κ3) is 3.01. The first-order chi connectivity index (χ1) is 9.61. The van der Waals surface area contributed by atoms with E-state index >= 15 is 0 Å². The molecule has 0 radical (unpaired) electrons. The third-order valence-corrected chi connectivity index (χ3v) is 2.58. The Balaban J connectivity index is 2.35. The van der Waals surface area contributed by atoms with Gasteiger partial charge in [-0.2, -0.15) is 0 Å². The molecule has 0 unspecified atom stereocenters. The molecular formula is C16H10F2O2. The Morgan fingerprint density at radius 1 is 1.10 bits per heavy atom. The van der Waals surface area contributed by atoms with Crippen LogP contribution in [0.25, 0.3) is 0 Å². The van der Waals surface area contributed by atoms with Crippen LogP contribution >= 0.6 is 0 Å². The molecule has 0 saturated carbocycles. The monoisotopic (exact) mass is 272 g/mol. The van der Waals surface area contributed by atoms with Gasteiger partial charge in [-0.05, 0) is 24.1 Å². The van der Waals surface area contributed by atoms with Crippen molar-refractivity contribution in [2.75, 3.05) is 7.11 Å². The van der Waals surface area contributed by atoms with E-state index in [9.17, 15) is 13.6 Å². The van der Waals surface area contributed by atoms with Crippen molar-refractivity contribution in [2.45, 2.75) is 0 Å². The van der Waals surface area contributed by atoms with E-state index in [0.29, 0.717) is 5.56 Å². The van der Waals surface area contributed by atoms with Crippen LogP contribution in [0.1, 0.15) is 15.9 Å². The van der Waals surface area contributed by atoms with Crippen LogP contribution in [0.5, 0.6) is 5.75 Å². The normalized spacial score (nSPS) is 9.55. The average Bonchev–Trinajstić information content (AvgIpc) is 2.48. The van der Waals surface area contributed by atoms with Gasteiger partial charge in [0.15, 0.2) is 11.6 Å². The van der Waals surface area contributed by atoms with Crippen molar-refractivity contribution in [3.05, 3.63) is 65.2 Å². The van der Waals surface area contributed by atoms with E-state index in [0.717, 1.165) is 12.1 Å². The lowest BCUT2D eigenvalue weighted by Gasteiger charge is -2.05. The van der Waals surface area contributed by atoms with E-state index < -0.39 is 17.4 Å². The molecule has 100 valence electrons. The zero-order valence-electron chi connectivity index (χ0n) is 10.6. The molecule has 0 spiro atoms. The van der Waals surface area contributed by atoms with Crippen molar-refractivity contribution in [2.24, 2.45) is 0 Å². The van der Waals surface area contributed by atoms with Gasteiger partial charge in [0.1, 0.15) is 5.75 Å². The van der Waals surface area contributed by atoms with Crippen LogP contribution in [-0.4, -0.2) is 12.9 Å². The number of benzene rings is 2. The summed E-state index contributed by atoms with van der Waals surface area (Å²) >= 11 is 0. The maximum Gasteiger partial charge on any atom is 0.240 e. The molecule has 0 atom stereocenters. The zero-order chi connectivity index (χ0) is 14.5. The van der Waals surface area contributed by atoms with Crippen LogP contribution < -0.4 is 4.74 Å². The quantitative estimate of drug-likeness (QED) is 0.620. The summed E-state index contributed by atoms with van der Waals surface area (Å²) < 4.78 is 31.1. The molecule has 0 saturated heterocycles. The summed E-state index contributed by atoms with van der Waals surface area (Å²) in [6.45, 7) is 0. The van der Waals surface area contributed by atoms with Gasteiger partial charge in [0.05, 0.1) is 12.7 Å². The molecule has 4 heteroatoms. The molecule has 2 aromatic rings. The minimum Gasteiger partial charge on any atom is -0.496 e. The minimum atomic E-state index is -1.12. The lowest BCUT2D eigenvalue weighted by molar-refractivity contribution is 0.105. The average molecular weight is 272 g/mol. The predicted octanol–water partition coefficient (Wildman–Crippen LogP) is 3.21. The van der Waals surface area contributed by atoms with E-state index in [4.69, 9.17) is 4.74 Å². The summed E-state index contributed by atoms with van der Waals surface area (Å²) in [5, 5.41) is 0. The molecule has 2 rings (SSSR count). The minimum absolute atomic E-state index is 0.0451. The number of Topliss-reactive ketones (excluding diaryl/α,β-unsaturated/α-hetero) is 1. The van der Waals surface area contributed by atoms with Gasteiger partial charge in [0.25, 0.3) is 0 Å². The van der Waals surface area contributed by atoms with Gasteiger partial charge >= 0.3 is 0 Å². The fourth-order valence-corrected chi connectivity index (χ4v) is 1.59. The number of hydrogen-bond donors (Lipinski definition) is 0. The van der Waals surface area contributed by atoms with Crippen LogP contribution in [0.2, 0.25) is 0 Å². The van der Waals surface area contributed by atoms with Crippen LogP contribution in [0.15, 0.2) is 42.5 Å². The molecular weight excluding hydrogens is 262 g/mol. The van der Waals surface area contributed by atoms with E-state index in [1.807, 2.05) is 6.07 Å². The van der Waals surface area contributed by atoms with Gasteiger partial charge in [-0.15, -0.1) is 0 Å². The number of hydrogen-bond acceptors (Lipinski definition) is 2. The Hall–Kier alpha value is -2.67. The second kappa shape index (κ2) is 5.98. The van der Waals surface area contributed by atoms with Gasteiger partial charge in [-0.1, -0.05) is 24.1 Å². The van der Waals surface area contributed by atoms with Crippen molar-refractivity contribution in [3.63, 3.8) is 0 Å². The largest absolute Gasteiger partial charge is 0.496 e. The summed E-state index contributed by atoms with van der Waals surface area (Å²) in [7, 11) is 1.27. The number of carbonyl (C=O) groups is 1. The molecule has 0 aromatic heterocycles. The number of halogens is 2. The Morgan fingerprint density at radius 3 is 2.40 bits per heavy atom. The van der Waals surface area contributed by atoms with E-state index in [1.165, 1.54) is 7.11 Å². The van der Waals surface area contributed by atoms with Crippen molar-refractivity contribution in [1.29, 1.82) is 0 Å². The molecule has 0 aliphatic heterocycles. The standard InChI is InChI=1S/C16H10F2O2/c1-20-16-10-14(18)13(17)9-12(16)15(19)8-7-11-5-3-2-4-6-11/h2-6,9-10H,1H3. The third-order valence-electron chi connectivity index (χ3n) is 2.58. The highest BCUT2D eigenvalue weighted by molar-refractivity contribution is 6.11. The topological polar surface area (TPSA) is 26.3 Å². The second-order valence-corrected chi connectivity index (χ2v) is 3.91. The van der Waals surface area contributed by atoms with Gasteiger partial charge in [0.2, 0.25) is 5.78 Å². The Labute approximate surface area is 115 Å². The molecule has 2 aromatic carbocycles. The lowest BCUT2D eigenvalue weighted by atomic mass is 10.1. The number of rotatable bonds is 2. The summed E-state index contributed by atoms with van der Waals surface area (Å²) in [5.74, 6) is 2.17. The molecule has 0 aliphatic carbocycles. The summed E-state index contributed by atoms with van der Waals surface area (Å²) in [6.07, 6.45) is 0. The molecule has 0 aliphatic rings. The molecule has 0 amide bonds. The number of carbonyl (C=O) groups excluding carboxylic acids is 1. The van der Waals surface area contributed by atoms with E-state index in [1.54, 1.807) is 24.3 Å². The number of methoxy groups -OCH3 is 1. The highest BCUT2D eigenvalue weighted by Gasteiger charge is 2.15. The smallest absolute Gasteiger partial charge is 0.240 e. The first-order valence-electron chi connectivity index (χ1n) is 5.76. The summed E-state index contributed by atoms with van der Waals surface area (Å²) in [6, 6.07) is 10.5. The highest BCUT2D eigenvalue weighted by Crippen LogP contribution is 2.22. The van der Waals surface area contributed by atoms with Crippen LogP contribution in [0.3, 0.4) is 0 Å². The van der Waals surface area contributed by atoms with Crippen LogP contribution in [0.4, 0.5) is 8.78 Å². The fourth-order valence-electron chi connectivity index (χ4n) is 1.59. The first-order valence-corrected chi connectivity index (χ1v) is 5.76. The van der Waals surface area contributed by atoms with Gasteiger partial charge in [-0.25, -0.2) is 8.78 Å². The molecule has 20 heavy (non-hydrogen) atoms. The van der Waals surface area contributed by atoms with E-state index in [-0.39, 0.29) is 11.3 Å². The zero-order valence-corrected chi connectivity index (χ0v) is 10.6. The summed E-state index contributed by atoms with van der Waals surface area (Å²) in [5.41, 5.74) is 0.553. The van der Waals surface area contributed by atoms with Crippen LogP contribution in [-0.2, 0) is 0 Å². The number of ether oxygens (including phenoxy) is 1. The Bertz CT molecular complexity index is 698. The van der Waals surface area contributed by atoms with Crippen molar-refractivity contribution in [3.8, 4) is 17.6 Å². The Morgan fingerprint density at radius 2 is 1.75 bits per heavy atom. The molecule has 0 N–H and O–H groups in total. The summed E-state index contributed by atoms with van der Waals surface area (Å²) in [4.78, 5) is 11.9. The highest BCUT2D eigenvalue weighted by atomic mass is 19.2. The van der Waals surface area contributed by atoms with Crippen LogP contribution in [0, 0.1) is 23.5 Å². The van der Waals surface area contributed by atoms with Gasteiger partial charge < -0.3 is 4.74 Å². The fraction of sp³-hybridized carbons (Fsp3) is 0.0625. The van der Waals surface area contributed by atoms with Gasteiger partial charge in [-0.3, -0.25) is 4.79 Å². The van der Waals surface area contributed by atoms with E-state index in [2.05, 4.69) is 11.8 Å². The Kier molecular flexibility index (Phi) is 4.11. The molecule has 0 heterocycles. The molecule has 2 nitrogen and oxygen atoms in total. The maximum absolute atomic E-state index is 13.2. The first kappa shape index (κ1) is 13.8. The van der Waals surface area contributed by atoms with Crippen molar-refractivity contribution < 1.29 is 18.3 Å². The SMILES string of the molecule is COc1cc(F)c(F)cc1C(=O)C#Cc1ccccc1. The molecule has 0 bridgehead atoms. The lowest BCUT2D eigenvalue weighted by Crippen LogP contribution is -2.02. The second-order valence-electron chi connectivity index (χ2n) is 3.91. The van der Waals surface area contributed by atoms with Crippen molar-refractivity contribution >= 4 is 5.78 Å². The maximum atomic E-state index is 13.2.